The van der Waals surface area contributed by atoms with Gasteiger partial charge in [-0.15, -0.1) is 0 Å². The molecule has 0 aromatic carbocycles. The zero-order chi connectivity index (χ0) is 11.3. The predicted octanol–water partition coefficient (Wildman–Crippen LogP) is 2.10. The van der Waals surface area contributed by atoms with Gasteiger partial charge in [0.25, 0.3) is 0 Å². The normalized spacial score (nSPS) is 26.1. The quantitative estimate of drug-likeness (QED) is 0.780. The lowest BCUT2D eigenvalue weighted by Gasteiger charge is -2.36. The van der Waals surface area contributed by atoms with E-state index in [9.17, 15) is 0 Å². The second-order valence-corrected chi connectivity index (χ2v) is 5.26. The van der Waals surface area contributed by atoms with Gasteiger partial charge in [-0.05, 0) is 32.1 Å². The van der Waals surface area contributed by atoms with Gasteiger partial charge in [-0.25, -0.2) is 0 Å². The summed E-state index contributed by atoms with van der Waals surface area (Å²) in [7, 11) is 1.80. The van der Waals surface area contributed by atoms with Crippen LogP contribution in [0.25, 0.3) is 0 Å². The van der Waals surface area contributed by atoms with E-state index >= 15 is 0 Å². The van der Waals surface area contributed by atoms with Gasteiger partial charge in [0.1, 0.15) is 0 Å². The first-order valence-electron chi connectivity index (χ1n) is 6.69. The summed E-state index contributed by atoms with van der Waals surface area (Å²) in [6.07, 6.45) is 8.92. The Morgan fingerprint density at radius 1 is 1.25 bits per heavy atom. The summed E-state index contributed by atoms with van der Waals surface area (Å²) in [6, 6.07) is 0.670. The van der Waals surface area contributed by atoms with Crippen molar-refractivity contribution in [2.45, 2.75) is 56.5 Å². The Balaban J connectivity index is 1.85. The van der Waals surface area contributed by atoms with Gasteiger partial charge in [-0.2, -0.15) is 0 Å². The SMILES string of the molecule is COCCC1(NC2CCOCC2)CCCC1. The molecule has 16 heavy (non-hydrogen) atoms. The van der Waals surface area contributed by atoms with Crippen molar-refractivity contribution in [3.63, 3.8) is 0 Å². The van der Waals surface area contributed by atoms with Crippen LogP contribution < -0.4 is 5.32 Å². The number of methoxy groups -OCH3 is 1. The molecule has 0 bridgehead atoms. The van der Waals surface area contributed by atoms with Crippen LogP contribution in [0.2, 0.25) is 0 Å². The molecule has 1 heterocycles. The first kappa shape index (κ1) is 12.3. The minimum absolute atomic E-state index is 0.373. The maximum absolute atomic E-state index is 5.41. The molecule has 94 valence electrons. The van der Waals surface area contributed by atoms with E-state index in [4.69, 9.17) is 9.47 Å². The van der Waals surface area contributed by atoms with Crippen LogP contribution >= 0.6 is 0 Å². The van der Waals surface area contributed by atoms with Gasteiger partial charge in [-0.1, -0.05) is 12.8 Å². The van der Waals surface area contributed by atoms with Crippen LogP contribution in [0.15, 0.2) is 0 Å². The Bertz CT molecular complexity index is 196. The molecule has 0 radical (unpaired) electrons. The number of nitrogens with one attached hydrogen (secondary N) is 1. The molecule has 0 atom stereocenters. The van der Waals surface area contributed by atoms with Gasteiger partial charge in [0, 0.05) is 38.5 Å². The van der Waals surface area contributed by atoms with Crippen molar-refractivity contribution < 1.29 is 9.47 Å². The summed E-state index contributed by atoms with van der Waals surface area (Å²) >= 11 is 0. The molecule has 1 saturated carbocycles. The summed E-state index contributed by atoms with van der Waals surface area (Å²) in [5.41, 5.74) is 0.373. The molecule has 0 amide bonds. The summed E-state index contributed by atoms with van der Waals surface area (Å²) < 4.78 is 10.7. The standard InChI is InChI=1S/C13H25NO2/c1-15-11-8-13(6-2-3-7-13)14-12-4-9-16-10-5-12/h12,14H,2-11H2,1H3. The van der Waals surface area contributed by atoms with Gasteiger partial charge in [0.2, 0.25) is 0 Å². The molecule has 2 rings (SSSR count). The summed E-state index contributed by atoms with van der Waals surface area (Å²) in [5, 5.41) is 3.91. The van der Waals surface area contributed by atoms with Gasteiger partial charge in [0.05, 0.1) is 0 Å². The molecule has 1 aliphatic carbocycles. The number of hydrogen-bond donors (Lipinski definition) is 1. The zero-order valence-corrected chi connectivity index (χ0v) is 10.5. The Morgan fingerprint density at radius 3 is 2.56 bits per heavy atom. The maximum Gasteiger partial charge on any atom is 0.0480 e. The molecule has 1 saturated heterocycles. The highest BCUT2D eigenvalue weighted by Crippen LogP contribution is 2.33. The van der Waals surface area contributed by atoms with E-state index in [-0.39, 0.29) is 0 Å². The Kier molecular flexibility index (Phi) is 4.62. The van der Waals surface area contributed by atoms with Crippen LogP contribution in [0.5, 0.6) is 0 Å². The summed E-state index contributed by atoms with van der Waals surface area (Å²) in [4.78, 5) is 0. The molecule has 2 aliphatic rings. The summed E-state index contributed by atoms with van der Waals surface area (Å²) in [5.74, 6) is 0. The predicted molar refractivity (Wildman–Crippen MR) is 64.7 cm³/mol. The van der Waals surface area contributed by atoms with Gasteiger partial charge in [-0.3, -0.25) is 0 Å². The van der Waals surface area contributed by atoms with Crippen LogP contribution in [0.1, 0.15) is 44.9 Å². The number of hydrogen-bond acceptors (Lipinski definition) is 3. The van der Waals surface area contributed by atoms with E-state index in [0.29, 0.717) is 11.6 Å². The van der Waals surface area contributed by atoms with E-state index in [1.165, 1.54) is 44.9 Å². The Labute approximate surface area is 98.9 Å². The van der Waals surface area contributed by atoms with Gasteiger partial charge >= 0.3 is 0 Å². The lowest BCUT2D eigenvalue weighted by molar-refractivity contribution is 0.0625. The molecule has 1 N–H and O–H groups in total. The summed E-state index contributed by atoms with van der Waals surface area (Å²) in [6.45, 7) is 2.74. The van der Waals surface area contributed by atoms with E-state index < -0.39 is 0 Å². The second kappa shape index (κ2) is 5.99. The third-order valence-corrected chi connectivity index (χ3v) is 4.08. The minimum atomic E-state index is 0.373. The van der Waals surface area contributed by atoms with Crippen molar-refractivity contribution in [2.75, 3.05) is 26.9 Å². The van der Waals surface area contributed by atoms with Crippen molar-refractivity contribution in [1.29, 1.82) is 0 Å². The molecular weight excluding hydrogens is 202 g/mol. The molecule has 2 fully saturated rings. The van der Waals surface area contributed by atoms with Crippen molar-refractivity contribution >= 4 is 0 Å². The van der Waals surface area contributed by atoms with Crippen molar-refractivity contribution in [3.8, 4) is 0 Å². The molecule has 3 nitrogen and oxygen atoms in total. The van der Waals surface area contributed by atoms with Crippen molar-refractivity contribution in [3.05, 3.63) is 0 Å². The maximum atomic E-state index is 5.41. The van der Waals surface area contributed by atoms with Crippen molar-refractivity contribution in [2.24, 2.45) is 0 Å². The first-order chi connectivity index (χ1) is 7.85. The molecule has 0 spiro atoms. The fourth-order valence-electron chi connectivity index (χ4n) is 3.09. The van der Waals surface area contributed by atoms with E-state index in [1.54, 1.807) is 7.11 Å². The van der Waals surface area contributed by atoms with E-state index in [2.05, 4.69) is 5.32 Å². The van der Waals surface area contributed by atoms with Crippen LogP contribution in [0.4, 0.5) is 0 Å². The third kappa shape index (κ3) is 3.19. The largest absolute Gasteiger partial charge is 0.385 e. The van der Waals surface area contributed by atoms with Crippen LogP contribution in [-0.2, 0) is 9.47 Å². The third-order valence-electron chi connectivity index (χ3n) is 4.08. The number of ether oxygens (including phenoxy) is 2. The fourth-order valence-corrected chi connectivity index (χ4v) is 3.09. The highest BCUT2D eigenvalue weighted by molar-refractivity contribution is 4.95. The van der Waals surface area contributed by atoms with Crippen LogP contribution in [0.3, 0.4) is 0 Å². The highest BCUT2D eigenvalue weighted by atomic mass is 16.5. The van der Waals surface area contributed by atoms with Crippen LogP contribution in [0, 0.1) is 0 Å². The molecule has 0 unspecified atom stereocenters. The average molecular weight is 227 g/mol. The topological polar surface area (TPSA) is 30.5 Å². The van der Waals surface area contributed by atoms with Crippen molar-refractivity contribution in [1.82, 2.24) is 5.32 Å². The number of rotatable bonds is 5. The van der Waals surface area contributed by atoms with Crippen LogP contribution in [-0.4, -0.2) is 38.5 Å². The monoisotopic (exact) mass is 227 g/mol. The van der Waals surface area contributed by atoms with Gasteiger partial charge in [0.15, 0.2) is 0 Å². The zero-order valence-electron chi connectivity index (χ0n) is 10.5. The lowest BCUT2D eigenvalue weighted by atomic mass is 9.91. The van der Waals surface area contributed by atoms with E-state index in [1.807, 2.05) is 0 Å². The molecule has 0 aromatic heterocycles. The molecular formula is C13H25NO2. The highest BCUT2D eigenvalue weighted by Gasteiger charge is 2.35. The fraction of sp³-hybridized carbons (Fsp3) is 1.00. The second-order valence-electron chi connectivity index (χ2n) is 5.26. The average Bonchev–Trinajstić information content (AvgIpc) is 2.77. The van der Waals surface area contributed by atoms with Gasteiger partial charge < -0.3 is 14.8 Å². The Morgan fingerprint density at radius 2 is 1.94 bits per heavy atom. The molecule has 0 aromatic rings. The Hall–Kier alpha value is -0.120. The minimum Gasteiger partial charge on any atom is -0.385 e. The molecule has 3 heteroatoms. The lowest BCUT2D eigenvalue weighted by Crippen LogP contribution is -2.50. The van der Waals surface area contributed by atoms with E-state index in [0.717, 1.165) is 19.8 Å². The smallest absolute Gasteiger partial charge is 0.0480 e. The molecule has 1 aliphatic heterocycles. The first-order valence-corrected chi connectivity index (χ1v) is 6.69.